The normalized spacial score (nSPS) is 12.2. The molecule has 0 saturated heterocycles. The van der Waals surface area contributed by atoms with Crippen LogP contribution in [0.25, 0.3) is 0 Å². The first kappa shape index (κ1) is 20.7. The summed E-state index contributed by atoms with van der Waals surface area (Å²) in [5, 5.41) is 0. The van der Waals surface area contributed by atoms with Crippen molar-refractivity contribution in [2.75, 3.05) is 0 Å². The molecule has 126 valence electrons. The van der Waals surface area contributed by atoms with Crippen molar-refractivity contribution >= 4 is 0 Å². The highest BCUT2D eigenvalue weighted by Gasteiger charge is 2.20. The van der Waals surface area contributed by atoms with E-state index in [0.717, 1.165) is 5.75 Å². The Kier molecular flexibility index (Phi) is 7.37. The van der Waals surface area contributed by atoms with E-state index >= 15 is 0 Å². The predicted molar refractivity (Wildman–Crippen MR) is 96.6 cm³/mol. The molecule has 0 fully saturated rings. The largest absolute Gasteiger partial charge is 0.466 e. The van der Waals surface area contributed by atoms with Crippen LogP contribution in [0.15, 0.2) is 37.1 Å². The van der Waals surface area contributed by atoms with Crippen molar-refractivity contribution in [2.45, 2.75) is 78.9 Å². The van der Waals surface area contributed by atoms with Crippen molar-refractivity contribution in [1.82, 2.24) is 0 Å². The van der Waals surface area contributed by atoms with Gasteiger partial charge in [0.25, 0.3) is 0 Å². The molecule has 0 aliphatic heterocycles. The lowest BCUT2D eigenvalue weighted by molar-refractivity contribution is -0.102. The lowest BCUT2D eigenvalue weighted by Crippen LogP contribution is -2.31. The molecule has 0 saturated carbocycles. The molecule has 0 amide bonds. The lowest BCUT2D eigenvalue weighted by Gasteiger charge is -2.30. The maximum atomic E-state index is 5.62. The summed E-state index contributed by atoms with van der Waals surface area (Å²) in [6, 6.07) is 8.09. The molecular formula is C20H34O2. The van der Waals surface area contributed by atoms with E-state index in [1.165, 1.54) is 11.8 Å². The summed E-state index contributed by atoms with van der Waals surface area (Å²) in [5.74, 6) is 0.836. The van der Waals surface area contributed by atoms with Crippen LogP contribution < -0.4 is 4.74 Å². The Hall–Kier alpha value is -1.28. The fourth-order valence-electron chi connectivity index (χ4n) is 2.05. The number of hydrogen-bond acceptors (Lipinski definition) is 2. The summed E-state index contributed by atoms with van der Waals surface area (Å²) < 4.78 is 10.8. The van der Waals surface area contributed by atoms with Gasteiger partial charge < -0.3 is 9.47 Å². The molecule has 1 rings (SSSR count). The van der Waals surface area contributed by atoms with Crippen LogP contribution in [0, 0.1) is 0 Å². The van der Waals surface area contributed by atoms with Gasteiger partial charge in [0.1, 0.15) is 5.75 Å². The number of ether oxygens (including phenoxy) is 2. The van der Waals surface area contributed by atoms with Crippen LogP contribution in [-0.4, -0.2) is 11.2 Å². The molecule has 1 aromatic rings. The molecule has 2 heteroatoms. The second kappa shape index (κ2) is 7.82. The van der Waals surface area contributed by atoms with Gasteiger partial charge in [-0.1, -0.05) is 39.5 Å². The van der Waals surface area contributed by atoms with Gasteiger partial charge in [0.2, 0.25) is 0 Å². The smallest absolute Gasteiger partial charge is 0.126 e. The predicted octanol–water partition coefficient (Wildman–Crippen LogP) is 6.11. The zero-order chi connectivity index (χ0) is 17.6. The molecule has 0 aliphatic rings. The Bertz CT molecular complexity index is 425. The highest BCUT2D eigenvalue weighted by atomic mass is 16.5. The molecule has 22 heavy (non-hydrogen) atoms. The van der Waals surface area contributed by atoms with Gasteiger partial charge in [-0.2, -0.15) is 0 Å². The van der Waals surface area contributed by atoms with Gasteiger partial charge in [0, 0.05) is 0 Å². The monoisotopic (exact) mass is 306 g/mol. The number of benzene rings is 1. The molecule has 0 N–H and O–H groups in total. The van der Waals surface area contributed by atoms with Crippen LogP contribution in [-0.2, 0) is 10.2 Å². The molecule has 0 bridgehead atoms. The SMILES string of the molecule is C=COc1ccc(C(C)(C)C)cc1.CC(C)(C)OC(C)(C)C. The Morgan fingerprint density at radius 2 is 1.18 bits per heavy atom. The topological polar surface area (TPSA) is 18.5 Å². The molecular weight excluding hydrogens is 272 g/mol. The van der Waals surface area contributed by atoms with Crippen molar-refractivity contribution in [2.24, 2.45) is 0 Å². The maximum absolute atomic E-state index is 5.62. The first-order chi connectivity index (χ1) is 9.74. The third-order valence-corrected chi connectivity index (χ3v) is 2.55. The zero-order valence-electron chi connectivity index (χ0n) is 15.9. The number of hydrogen-bond donors (Lipinski definition) is 0. The van der Waals surface area contributed by atoms with Gasteiger partial charge >= 0.3 is 0 Å². The Balaban J connectivity index is 0.000000433. The molecule has 0 aromatic heterocycles. The van der Waals surface area contributed by atoms with Crippen LogP contribution in [0.5, 0.6) is 5.75 Å². The summed E-state index contributed by atoms with van der Waals surface area (Å²) >= 11 is 0. The Morgan fingerprint density at radius 3 is 1.41 bits per heavy atom. The fourth-order valence-corrected chi connectivity index (χ4v) is 2.05. The second-order valence-electron chi connectivity index (χ2n) is 8.39. The first-order valence-electron chi connectivity index (χ1n) is 7.83. The molecule has 2 nitrogen and oxygen atoms in total. The van der Waals surface area contributed by atoms with Gasteiger partial charge in [-0.25, -0.2) is 0 Å². The van der Waals surface area contributed by atoms with E-state index in [4.69, 9.17) is 9.47 Å². The minimum absolute atomic E-state index is 0.0156. The minimum atomic E-state index is -0.0156. The van der Waals surface area contributed by atoms with Gasteiger partial charge in [-0.3, -0.25) is 0 Å². The van der Waals surface area contributed by atoms with E-state index in [0.29, 0.717) is 0 Å². The standard InChI is InChI=1S/C12H16O.C8H18O/c1-5-13-11-8-6-10(7-9-11)12(2,3)4;1-7(2,3)9-8(4,5)6/h5-9H,1H2,2-4H3;1-6H3. The molecule has 0 spiro atoms. The molecule has 0 atom stereocenters. The summed E-state index contributed by atoms with van der Waals surface area (Å²) in [6.07, 6.45) is 1.44. The highest BCUT2D eigenvalue weighted by molar-refractivity contribution is 5.31. The van der Waals surface area contributed by atoms with Gasteiger partial charge in [0.15, 0.2) is 0 Å². The van der Waals surface area contributed by atoms with E-state index in [1.807, 2.05) is 12.1 Å². The van der Waals surface area contributed by atoms with E-state index in [-0.39, 0.29) is 16.6 Å². The van der Waals surface area contributed by atoms with Crippen LogP contribution in [0.1, 0.15) is 67.9 Å². The average Bonchev–Trinajstić information content (AvgIpc) is 2.24. The van der Waals surface area contributed by atoms with Crippen molar-refractivity contribution in [3.05, 3.63) is 42.7 Å². The third kappa shape index (κ3) is 10.4. The molecule has 0 heterocycles. The summed E-state index contributed by atoms with van der Waals surface area (Å²) in [6.45, 7) is 22.5. The summed E-state index contributed by atoms with van der Waals surface area (Å²) in [7, 11) is 0. The van der Waals surface area contributed by atoms with Crippen molar-refractivity contribution in [3.63, 3.8) is 0 Å². The zero-order valence-corrected chi connectivity index (χ0v) is 15.9. The Labute approximate surface area is 137 Å². The van der Waals surface area contributed by atoms with Crippen LogP contribution in [0.2, 0.25) is 0 Å². The van der Waals surface area contributed by atoms with Gasteiger partial charge in [0.05, 0.1) is 17.5 Å². The molecule has 0 aliphatic carbocycles. The minimum Gasteiger partial charge on any atom is -0.466 e. The summed E-state index contributed by atoms with van der Waals surface area (Å²) in [4.78, 5) is 0. The molecule has 1 aromatic carbocycles. The van der Waals surface area contributed by atoms with E-state index in [2.05, 4.69) is 81.0 Å². The van der Waals surface area contributed by atoms with Gasteiger partial charge in [-0.05, 0) is 64.7 Å². The highest BCUT2D eigenvalue weighted by Crippen LogP contribution is 2.24. The van der Waals surface area contributed by atoms with Crippen LogP contribution >= 0.6 is 0 Å². The van der Waals surface area contributed by atoms with E-state index in [1.54, 1.807) is 0 Å². The van der Waals surface area contributed by atoms with Crippen LogP contribution in [0.4, 0.5) is 0 Å². The number of rotatable bonds is 2. The van der Waals surface area contributed by atoms with E-state index in [9.17, 15) is 0 Å². The van der Waals surface area contributed by atoms with E-state index < -0.39 is 0 Å². The molecule has 0 radical (unpaired) electrons. The van der Waals surface area contributed by atoms with Crippen LogP contribution in [0.3, 0.4) is 0 Å². The third-order valence-electron chi connectivity index (χ3n) is 2.55. The van der Waals surface area contributed by atoms with Crippen molar-refractivity contribution < 1.29 is 9.47 Å². The lowest BCUT2D eigenvalue weighted by atomic mass is 9.87. The summed E-state index contributed by atoms with van der Waals surface area (Å²) in [5.41, 5.74) is 1.48. The maximum Gasteiger partial charge on any atom is 0.126 e. The Morgan fingerprint density at radius 1 is 0.773 bits per heavy atom. The average molecular weight is 306 g/mol. The van der Waals surface area contributed by atoms with Crippen molar-refractivity contribution in [1.29, 1.82) is 0 Å². The quantitative estimate of drug-likeness (QED) is 0.614. The van der Waals surface area contributed by atoms with Gasteiger partial charge in [-0.15, -0.1) is 0 Å². The first-order valence-corrected chi connectivity index (χ1v) is 7.83. The molecule has 0 unspecified atom stereocenters. The van der Waals surface area contributed by atoms with Crippen molar-refractivity contribution in [3.8, 4) is 5.75 Å². The second-order valence-corrected chi connectivity index (χ2v) is 8.39. The fraction of sp³-hybridized carbons (Fsp3) is 0.600.